The van der Waals surface area contributed by atoms with Crippen molar-refractivity contribution >= 4 is 11.3 Å². The smallest absolute Gasteiger partial charge is 0.123 e. The summed E-state index contributed by atoms with van der Waals surface area (Å²) in [6.45, 7) is 4.99. The van der Waals surface area contributed by atoms with E-state index in [0.717, 1.165) is 30.1 Å². The SMILES string of the molecule is Cc1ccc(-c2nc(CCCN)cs2)c(C)c1. The van der Waals surface area contributed by atoms with Gasteiger partial charge >= 0.3 is 0 Å². The molecule has 2 aromatic rings. The fourth-order valence-corrected chi connectivity index (χ4v) is 2.83. The Hall–Kier alpha value is -1.19. The molecule has 0 unspecified atom stereocenters. The van der Waals surface area contributed by atoms with Crippen LogP contribution in [0, 0.1) is 13.8 Å². The molecular formula is C14H18N2S. The summed E-state index contributed by atoms with van der Waals surface area (Å²) < 4.78 is 0. The van der Waals surface area contributed by atoms with Crippen molar-refractivity contribution in [3.8, 4) is 10.6 Å². The fourth-order valence-electron chi connectivity index (χ4n) is 1.88. The lowest BCUT2D eigenvalue weighted by Gasteiger charge is -2.03. The molecule has 2 rings (SSSR count). The Morgan fingerprint density at radius 2 is 2.12 bits per heavy atom. The van der Waals surface area contributed by atoms with Crippen molar-refractivity contribution in [2.24, 2.45) is 5.73 Å². The Kier molecular flexibility index (Phi) is 3.92. The maximum atomic E-state index is 5.51. The zero-order valence-electron chi connectivity index (χ0n) is 10.4. The molecule has 0 saturated heterocycles. The molecule has 1 aromatic carbocycles. The van der Waals surface area contributed by atoms with Gasteiger partial charge in [0.05, 0.1) is 5.69 Å². The predicted molar refractivity (Wildman–Crippen MR) is 74.4 cm³/mol. The lowest BCUT2D eigenvalue weighted by Crippen LogP contribution is -2.00. The molecule has 0 atom stereocenters. The Morgan fingerprint density at radius 1 is 1.29 bits per heavy atom. The summed E-state index contributed by atoms with van der Waals surface area (Å²) in [7, 11) is 0. The van der Waals surface area contributed by atoms with Gasteiger partial charge in [-0.05, 0) is 38.8 Å². The lowest BCUT2D eigenvalue weighted by molar-refractivity contribution is 0.816. The van der Waals surface area contributed by atoms with E-state index in [-0.39, 0.29) is 0 Å². The minimum Gasteiger partial charge on any atom is -0.330 e. The van der Waals surface area contributed by atoms with Gasteiger partial charge < -0.3 is 5.73 Å². The quantitative estimate of drug-likeness (QED) is 0.898. The van der Waals surface area contributed by atoms with Crippen LogP contribution in [-0.2, 0) is 6.42 Å². The van der Waals surface area contributed by atoms with Gasteiger partial charge in [0, 0.05) is 10.9 Å². The maximum Gasteiger partial charge on any atom is 0.123 e. The van der Waals surface area contributed by atoms with Crippen molar-refractivity contribution in [3.63, 3.8) is 0 Å². The van der Waals surface area contributed by atoms with E-state index >= 15 is 0 Å². The Labute approximate surface area is 107 Å². The summed E-state index contributed by atoms with van der Waals surface area (Å²) in [5.41, 5.74) is 10.5. The monoisotopic (exact) mass is 246 g/mol. The fraction of sp³-hybridized carbons (Fsp3) is 0.357. The number of nitrogens with zero attached hydrogens (tertiary/aromatic N) is 1. The average molecular weight is 246 g/mol. The van der Waals surface area contributed by atoms with Crippen molar-refractivity contribution in [1.82, 2.24) is 4.98 Å². The van der Waals surface area contributed by atoms with Crippen molar-refractivity contribution < 1.29 is 0 Å². The maximum absolute atomic E-state index is 5.51. The molecule has 1 aromatic heterocycles. The van der Waals surface area contributed by atoms with E-state index in [2.05, 4.69) is 42.4 Å². The van der Waals surface area contributed by atoms with E-state index in [0.29, 0.717) is 0 Å². The van der Waals surface area contributed by atoms with Crippen LogP contribution in [0.15, 0.2) is 23.6 Å². The molecule has 0 aliphatic rings. The van der Waals surface area contributed by atoms with Gasteiger partial charge in [0.2, 0.25) is 0 Å². The summed E-state index contributed by atoms with van der Waals surface area (Å²) >= 11 is 1.72. The number of hydrogen-bond acceptors (Lipinski definition) is 3. The number of hydrogen-bond donors (Lipinski definition) is 1. The molecule has 0 aliphatic carbocycles. The number of aromatic nitrogens is 1. The normalized spacial score (nSPS) is 10.8. The summed E-state index contributed by atoms with van der Waals surface area (Å²) in [4.78, 5) is 4.67. The van der Waals surface area contributed by atoms with Crippen LogP contribution in [0.1, 0.15) is 23.2 Å². The molecule has 1 heterocycles. The summed E-state index contributed by atoms with van der Waals surface area (Å²) in [6, 6.07) is 6.51. The third-order valence-electron chi connectivity index (χ3n) is 2.80. The first-order valence-electron chi connectivity index (χ1n) is 5.93. The van der Waals surface area contributed by atoms with E-state index in [9.17, 15) is 0 Å². The first-order valence-corrected chi connectivity index (χ1v) is 6.81. The highest BCUT2D eigenvalue weighted by molar-refractivity contribution is 7.13. The summed E-state index contributed by atoms with van der Waals surface area (Å²) in [5.74, 6) is 0. The van der Waals surface area contributed by atoms with Gasteiger partial charge in [0.15, 0.2) is 0 Å². The third-order valence-corrected chi connectivity index (χ3v) is 3.73. The topological polar surface area (TPSA) is 38.9 Å². The van der Waals surface area contributed by atoms with Crippen LogP contribution in [0.2, 0.25) is 0 Å². The Balaban J connectivity index is 2.24. The molecule has 3 heteroatoms. The highest BCUT2D eigenvalue weighted by Gasteiger charge is 2.07. The molecule has 0 spiro atoms. The van der Waals surface area contributed by atoms with E-state index in [1.165, 1.54) is 16.7 Å². The lowest BCUT2D eigenvalue weighted by atomic mass is 10.1. The van der Waals surface area contributed by atoms with Crippen LogP contribution < -0.4 is 5.73 Å². The first-order chi connectivity index (χ1) is 8.20. The van der Waals surface area contributed by atoms with Crippen LogP contribution in [0.5, 0.6) is 0 Å². The molecule has 0 saturated carbocycles. The number of nitrogens with two attached hydrogens (primary N) is 1. The molecule has 2 nitrogen and oxygen atoms in total. The van der Waals surface area contributed by atoms with Gasteiger partial charge in [-0.25, -0.2) is 4.98 Å². The van der Waals surface area contributed by atoms with Crippen LogP contribution in [0.25, 0.3) is 10.6 Å². The second-order valence-corrected chi connectivity index (χ2v) is 5.21. The van der Waals surface area contributed by atoms with Crippen molar-refractivity contribution in [2.75, 3.05) is 6.54 Å². The van der Waals surface area contributed by atoms with Crippen LogP contribution in [0.3, 0.4) is 0 Å². The predicted octanol–water partition coefficient (Wildman–Crippen LogP) is 3.32. The van der Waals surface area contributed by atoms with Gasteiger partial charge in [-0.3, -0.25) is 0 Å². The minimum absolute atomic E-state index is 0.733. The third kappa shape index (κ3) is 2.93. The first kappa shape index (κ1) is 12.3. The van der Waals surface area contributed by atoms with Crippen LogP contribution in [-0.4, -0.2) is 11.5 Å². The largest absolute Gasteiger partial charge is 0.330 e. The molecule has 90 valence electrons. The highest BCUT2D eigenvalue weighted by atomic mass is 32.1. The van der Waals surface area contributed by atoms with Gasteiger partial charge in [-0.15, -0.1) is 11.3 Å². The minimum atomic E-state index is 0.733. The summed E-state index contributed by atoms with van der Waals surface area (Å²) in [6.07, 6.45) is 1.99. The zero-order chi connectivity index (χ0) is 12.3. The van der Waals surface area contributed by atoms with Crippen molar-refractivity contribution in [1.29, 1.82) is 0 Å². The average Bonchev–Trinajstić information content (AvgIpc) is 2.75. The summed E-state index contributed by atoms with van der Waals surface area (Å²) in [5, 5.41) is 3.26. The van der Waals surface area contributed by atoms with Gasteiger partial charge in [-0.1, -0.05) is 23.8 Å². The van der Waals surface area contributed by atoms with Gasteiger partial charge in [-0.2, -0.15) is 0 Å². The molecular weight excluding hydrogens is 228 g/mol. The number of thiazole rings is 1. The van der Waals surface area contributed by atoms with E-state index in [1.54, 1.807) is 11.3 Å². The van der Waals surface area contributed by atoms with E-state index < -0.39 is 0 Å². The molecule has 0 bridgehead atoms. The van der Waals surface area contributed by atoms with Crippen molar-refractivity contribution in [3.05, 3.63) is 40.4 Å². The molecule has 17 heavy (non-hydrogen) atoms. The molecule has 0 radical (unpaired) electrons. The molecule has 2 N–H and O–H groups in total. The number of benzene rings is 1. The number of rotatable bonds is 4. The van der Waals surface area contributed by atoms with Crippen LogP contribution in [0.4, 0.5) is 0 Å². The Bertz CT molecular complexity index is 503. The van der Waals surface area contributed by atoms with Crippen molar-refractivity contribution in [2.45, 2.75) is 26.7 Å². The molecule has 0 amide bonds. The number of aryl methyl sites for hydroxylation is 3. The molecule has 0 fully saturated rings. The van der Waals surface area contributed by atoms with Crippen LogP contribution >= 0.6 is 11.3 Å². The molecule has 0 aliphatic heterocycles. The standard InChI is InChI=1S/C14H18N2S/c1-10-5-6-13(11(2)8-10)14-16-12(9-17-14)4-3-7-15/h5-6,8-9H,3-4,7,15H2,1-2H3. The van der Waals surface area contributed by atoms with Gasteiger partial charge in [0.1, 0.15) is 5.01 Å². The Morgan fingerprint density at radius 3 is 2.82 bits per heavy atom. The zero-order valence-corrected chi connectivity index (χ0v) is 11.2. The second-order valence-electron chi connectivity index (χ2n) is 4.35. The van der Waals surface area contributed by atoms with Gasteiger partial charge in [0.25, 0.3) is 0 Å². The highest BCUT2D eigenvalue weighted by Crippen LogP contribution is 2.27. The van der Waals surface area contributed by atoms with E-state index in [4.69, 9.17) is 5.73 Å². The second kappa shape index (κ2) is 5.43. The van der Waals surface area contributed by atoms with E-state index in [1.807, 2.05) is 0 Å².